The van der Waals surface area contributed by atoms with Crippen LogP contribution in [0.4, 0.5) is 4.79 Å². The van der Waals surface area contributed by atoms with Crippen LogP contribution in [0.2, 0.25) is 0 Å². The van der Waals surface area contributed by atoms with Gasteiger partial charge in [0.15, 0.2) is 0 Å². The van der Waals surface area contributed by atoms with Gasteiger partial charge in [-0.3, -0.25) is 19.2 Å². The first-order valence-corrected chi connectivity index (χ1v) is 17.6. The molecule has 0 fully saturated rings. The van der Waals surface area contributed by atoms with Crippen molar-refractivity contribution in [1.29, 1.82) is 0 Å². The lowest BCUT2D eigenvalue weighted by molar-refractivity contribution is -0.148. The number of aliphatic hydroxyl groups excluding tert-OH is 1. The Labute approximate surface area is 306 Å². The van der Waals surface area contributed by atoms with Crippen LogP contribution in [0.15, 0.2) is 60.7 Å². The van der Waals surface area contributed by atoms with Crippen LogP contribution in [0, 0.1) is 11.8 Å². The van der Waals surface area contributed by atoms with Crippen molar-refractivity contribution in [1.82, 2.24) is 20.9 Å². The normalized spacial score (nSPS) is 14.5. The Morgan fingerprint density at radius 3 is 2.02 bits per heavy atom. The second kappa shape index (κ2) is 21.5. The Kier molecular flexibility index (Phi) is 17.9. The molecule has 14 heteroatoms. The molecule has 0 aromatic heterocycles. The van der Waals surface area contributed by atoms with Gasteiger partial charge in [-0.2, -0.15) is 0 Å². The number of nitrogens with one attached hydrogen (secondary N) is 3. The molecule has 2 unspecified atom stereocenters. The van der Waals surface area contributed by atoms with Crippen LogP contribution in [0.1, 0.15) is 71.4 Å². The van der Waals surface area contributed by atoms with Crippen molar-refractivity contribution >= 4 is 35.7 Å². The summed E-state index contributed by atoms with van der Waals surface area (Å²) >= 11 is 0. The maximum absolute atomic E-state index is 13.9. The molecule has 52 heavy (non-hydrogen) atoms. The minimum absolute atomic E-state index is 0.0866. The predicted molar refractivity (Wildman–Crippen MR) is 194 cm³/mol. The molecular formula is C38H55N5O9. The summed E-state index contributed by atoms with van der Waals surface area (Å²) in [6.07, 6.45) is 2.00. The van der Waals surface area contributed by atoms with Gasteiger partial charge < -0.3 is 36.3 Å². The van der Waals surface area contributed by atoms with Gasteiger partial charge in [0.05, 0.1) is 19.8 Å². The highest BCUT2D eigenvalue weighted by Crippen LogP contribution is 2.21. The number of carbonyl (C=O) groups excluding carboxylic acids is 6. The number of nitrogens with zero attached hydrogens (tertiary/aromatic N) is 1. The van der Waals surface area contributed by atoms with Gasteiger partial charge in [0.1, 0.15) is 24.2 Å². The Balaban J connectivity index is 2.22. The minimum atomic E-state index is -1.83. The quantitative estimate of drug-likeness (QED) is 0.0997. The number of benzene rings is 2. The van der Waals surface area contributed by atoms with Crippen LogP contribution in [0.25, 0.3) is 0 Å². The number of aryl methyl sites for hydroxylation is 1. The Morgan fingerprint density at radius 2 is 1.48 bits per heavy atom. The minimum Gasteiger partial charge on any atom is -0.467 e. The summed E-state index contributed by atoms with van der Waals surface area (Å²) in [5, 5.41) is 18.5. The van der Waals surface area contributed by atoms with Crippen molar-refractivity contribution in [2.24, 2.45) is 17.6 Å². The third-order valence-corrected chi connectivity index (χ3v) is 8.85. The van der Waals surface area contributed by atoms with E-state index in [2.05, 4.69) is 16.0 Å². The maximum atomic E-state index is 13.9. The first kappa shape index (κ1) is 43.3. The molecular weight excluding hydrogens is 670 g/mol. The van der Waals surface area contributed by atoms with Crippen molar-refractivity contribution in [3.8, 4) is 0 Å². The number of hydrogen-bond donors (Lipinski definition) is 5. The first-order chi connectivity index (χ1) is 24.7. The molecule has 0 radical (unpaired) electrons. The van der Waals surface area contributed by atoms with Gasteiger partial charge in [-0.1, -0.05) is 80.9 Å². The van der Waals surface area contributed by atoms with E-state index in [1.807, 2.05) is 30.3 Å². The molecule has 6 N–H and O–H groups in total. The van der Waals surface area contributed by atoms with Crippen LogP contribution >= 0.6 is 0 Å². The van der Waals surface area contributed by atoms with E-state index in [-0.39, 0.29) is 25.5 Å². The summed E-state index contributed by atoms with van der Waals surface area (Å²) in [5.74, 6) is -5.13. The molecule has 0 aliphatic heterocycles. The third-order valence-electron chi connectivity index (χ3n) is 8.85. The Bertz CT molecular complexity index is 1470. The van der Waals surface area contributed by atoms with Crippen molar-refractivity contribution < 1.29 is 43.3 Å². The molecule has 0 aliphatic carbocycles. The topological polar surface area (TPSA) is 206 Å². The maximum Gasteiger partial charge on any atom is 0.417 e. The number of methoxy groups -OCH3 is 1. The second-order valence-corrected chi connectivity index (χ2v) is 13.4. The van der Waals surface area contributed by atoms with E-state index in [1.54, 1.807) is 44.2 Å². The number of ether oxygens (including phenoxy) is 2. The molecule has 2 aromatic rings. The number of amides is 5. The highest BCUT2D eigenvalue weighted by atomic mass is 16.6. The van der Waals surface area contributed by atoms with E-state index in [0.29, 0.717) is 16.9 Å². The average Bonchev–Trinajstić information content (AvgIpc) is 3.13. The first-order valence-electron chi connectivity index (χ1n) is 17.6. The molecule has 2 rings (SSSR count). The summed E-state index contributed by atoms with van der Waals surface area (Å²) in [6, 6.07) is 15.1. The molecule has 5 amide bonds. The van der Waals surface area contributed by atoms with E-state index >= 15 is 0 Å². The van der Waals surface area contributed by atoms with Crippen LogP contribution in [0.3, 0.4) is 0 Å². The number of aliphatic hydroxyl groups is 1. The summed E-state index contributed by atoms with van der Waals surface area (Å²) in [5.41, 5.74) is 5.81. The summed E-state index contributed by atoms with van der Waals surface area (Å²) in [6.45, 7) is 6.27. The fourth-order valence-electron chi connectivity index (χ4n) is 5.44. The van der Waals surface area contributed by atoms with Crippen molar-refractivity contribution in [2.75, 3.05) is 20.3 Å². The number of esters is 1. The number of nitrogens with two attached hydrogens (primary N) is 1. The zero-order chi connectivity index (χ0) is 38.8. The fourth-order valence-corrected chi connectivity index (χ4v) is 5.44. The summed E-state index contributed by atoms with van der Waals surface area (Å²) in [4.78, 5) is 79.8. The van der Waals surface area contributed by atoms with Crippen LogP contribution in [-0.4, -0.2) is 89.6 Å². The lowest BCUT2D eigenvalue weighted by Crippen LogP contribution is -2.66. The zero-order valence-corrected chi connectivity index (χ0v) is 31.1. The molecule has 0 saturated heterocycles. The Hall–Kier alpha value is -4.82. The molecule has 0 bridgehead atoms. The van der Waals surface area contributed by atoms with Crippen molar-refractivity contribution in [3.63, 3.8) is 0 Å². The lowest BCUT2D eigenvalue weighted by atomic mass is 9.83. The van der Waals surface area contributed by atoms with Crippen molar-refractivity contribution in [2.45, 2.75) is 97.0 Å². The van der Waals surface area contributed by atoms with Crippen LogP contribution < -0.4 is 21.7 Å². The van der Waals surface area contributed by atoms with E-state index in [9.17, 15) is 33.9 Å². The number of hydrogen-bond acceptors (Lipinski definition) is 10. The van der Waals surface area contributed by atoms with Gasteiger partial charge in [0.2, 0.25) is 23.6 Å². The van der Waals surface area contributed by atoms with Gasteiger partial charge in [-0.05, 0) is 57.1 Å². The molecule has 286 valence electrons. The molecule has 5 atom stereocenters. The van der Waals surface area contributed by atoms with Gasteiger partial charge in [-0.25, -0.2) is 14.5 Å². The highest BCUT2D eigenvalue weighted by molar-refractivity contribution is 6.00. The van der Waals surface area contributed by atoms with Crippen molar-refractivity contribution in [3.05, 3.63) is 71.8 Å². The molecule has 0 aliphatic rings. The number of imide groups is 1. The van der Waals surface area contributed by atoms with E-state index in [4.69, 9.17) is 15.2 Å². The third kappa shape index (κ3) is 13.1. The van der Waals surface area contributed by atoms with Crippen LogP contribution in [0.5, 0.6) is 0 Å². The highest BCUT2D eigenvalue weighted by Gasteiger charge is 2.45. The van der Waals surface area contributed by atoms with E-state index in [1.165, 1.54) is 33.4 Å². The lowest BCUT2D eigenvalue weighted by Gasteiger charge is -2.38. The molecule has 0 spiro atoms. The Morgan fingerprint density at radius 1 is 0.885 bits per heavy atom. The van der Waals surface area contributed by atoms with E-state index in [0.717, 1.165) is 19.3 Å². The molecule has 2 aromatic carbocycles. The van der Waals surface area contributed by atoms with Crippen LogP contribution in [-0.2, 0) is 46.5 Å². The second-order valence-electron chi connectivity index (χ2n) is 13.4. The molecule has 14 nitrogen and oxygen atoms in total. The monoisotopic (exact) mass is 725 g/mol. The SMILES string of the molecule is COC(=O)C(NC(=O)[C@](C)(NC(=O)CCCCCc1ccccc1)C(CO)CNC(=O)[C@H](C)N(C(=O)OCc1ccccc1)C(=O)[C@H](C)N)C(C)C. The number of unbranched alkanes of at least 4 members (excludes halogenated alkanes) is 2. The molecule has 0 heterocycles. The van der Waals surface area contributed by atoms with E-state index < -0.39 is 71.9 Å². The summed E-state index contributed by atoms with van der Waals surface area (Å²) in [7, 11) is 1.19. The predicted octanol–water partition coefficient (Wildman–Crippen LogP) is 2.60. The largest absolute Gasteiger partial charge is 0.467 e. The van der Waals surface area contributed by atoms with Gasteiger partial charge in [0.25, 0.3) is 0 Å². The fraction of sp³-hybridized carbons (Fsp3) is 0.526. The zero-order valence-electron chi connectivity index (χ0n) is 31.1. The number of carbonyl (C=O) groups is 6. The summed E-state index contributed by atoms with van der Waals surface area (Å²) < 4.78 is 10.2. The average molecular weight is 726 g/mol. The van der Waals surface area contributed by atoms with Gasteiger partial charge in [-0.15, -0.1) is 0 Å². The smallest absolute Gasteiger partial charge is 0.417 e. The van der Waals surface area contributed by atoms with Gasteiger partial charge >= 0.3 is 12.1 Å². The standard InChI is InChI=1S/C38H55N5O9/c1-25(2)32(35(48)51-6)41-36(49)38(5,42-31(45)21-15-9-12-18-28-16-10-7-11-17-28)30(23-44)22-40-33(46)27(4)43(34(47)26(3)39)37(50)52-24-29-19-13-8-14-20-29/h7-8,10-11,13-14,16-17,19-20,25-27,30,32,44H,9,12,15,18,21-24,39H2,1-6H3,(H,40,46)(H,41,49)(H,42,45)/t26-,27-,30?,32?,38+/m0/s1. The number of rotatable bonds is 20. The van der Waals surface area contributed by atoms with Gasteiger partial charge in [0, 0.05) is 18.9 Å². The molecule has 0 saturated carbocycles.